The first-order valence-corrected chi connectivity index (χ1v) is 37.3. The Balaban J connectivity index is 0.000000226. The van der Waals surface area contributed by atoms with Gasteiger partial charge in [-0.15, -0.1) is 0 Å². The van der Waals surface area contributed by atoms with E-state index in [1.807, 2.05) is 4.98 Å². The molecule has 28 nitrogen and oxygen atoms in total. The minimum absolute atomic E-state index is 0. The van der Waals surface area contributed by atoms with Crippen molar-refractivity contribution in [2.45, 2.75) is 250 Å². The summed E-state index contributed by atoms with van der Waals surface area (Å²) in [7, 11) is -5.07. The van der Waals surface area contributed by atoms with E-state index in [1.54, 1.807) is 10.8 Å². The molecule has 0 aromatic carbocycles. The van der Waals surface area contributed by atoms with Crippen molar-refractivity contribution in [3.8, 4) is 0 Å². The van der Waals surface area contributed by atoms with E-state index >= 15 is 0 Å². The Hall–Kier alpha value is -5.40. The zero-order valence-electron chi connectivity index (χ0n) is 56.2. The van der Waals surface area contributed by atoms with Crippen LogP contribution in [0.5, 0.6) is 0 Å². The van der Waals surface area contributed by atoms with Crippen LogP contribution in [0.2, 0.25) is 36.3 Å². The number of hydrogen-bond donors (Lipinski definition) is 12. The summed E-state index contributed by atoms with van der Waals surface area (Å²) in [5.41, 5.74) is -3.10. The Bertz CT molecular complexity index is 3610. The molecule has 93 heavy (non-hydrogen) atoms. The molecule has 31 heteroatoms. The van der Waals surface area contributed by atoms with Crippen LogP contribution in [0, 0.1) is 23.7 Å². The summed E-state index contributed by atoms with van der Waals surface area (Å²) in [5, 5.41) is 57.0. The molecule has 10 rings (SSSR count). The third-order valence-corrected chi connectivity index (χ3v) is 28.1. The molecule has 6 aliphatic rings. The second-order valence-corrected chi connectivity index (χ2v) is 37.4. The van der Waals surface area contributed by atoms with Crippen LogP contribution in [-0.2, 0) is 40.9 Å². The molecule has 4 aliphatic heterocycles. The highest BCUT2D eigenvalue weighted by atomic mass is 28.4. The first kappa shape index (κ1) is 76.6. The number of H-pyrrole nitrogens is 6. The molecular formula is C62H103FN8O20Si2. The highest BCUT2D eigenvalue weighted by molar-refractivity contribution is 6.74. The van der Waals surface area contributed by atoms with Crippen molar-refractivity contribution in [3.63, 3.8) is 0 Å². The molecule has 4 unspecified atom stereocenters. The topological polar surface area (TPSA) is 418 Å². The number of alkyl halides is 1. The van der Waals surface area contributed by atoms with Gasteiger partial charge in [0.15, 0.2) is 16.6 Å². The van der Waals surface area contributed by atoms with E-state index in [9.17, 15) is 63.2 Å². The first-order valence-electron chi connectivity index (χ1n) is 32.2. The average Bonchev–Trinajstić information content (AvgIpc) is 1.80. The van der Waals surface area contributed by atoms with Crippen LogP contribution in [0.25, 0.3) is 0 Å². The normalized spacial score (nSPS) is 29.5. The van der Waals surface area contributed by atoms with Crippen LogP contribution in [0.1, 0.15) is 163 Å². The molecule has 2 saturated carbocycles. The largest absolute Gasteiger partial charge is 0.411 e. The van der Waals surface area contributed by atoms with Crippen LogP contribution in [0.4, 0.5) is 4.39 Å². The Morgan fingerprint density at radius 3 is 1.14 bits per heavy atom. The molecule has 2 aliphatic carbocycles. The van der Waals surface area contributed by atoms with E-state index < -0.39 is 132 Å². The summed E-state index contributed by atoms with van der Waals surface area (Å²) in [6.45, 7) is 30.8. The predicted molar refractivity (Wildman–Crippen MR) is 349 cm³/mol. The van der Waals surface area contributed by atoms with Gasteiger partial charge in [-0.1, -0.05) is 76.7 Å². The Labute approximate surface area is 542 Å². The number of aromatic nitrogens is 8. The molecule has 4 aromatic rings. The smallest absolute Gasteiger partial charge is 0.328 e. The lowest BCUT2D eigenvalue weighted by Crippen LogP contribution is -2.47. The molecule has 4 aromatic heterocycles. The van der Waals surface area contributed by atoms with E-state index in [0.29, 0.717) is 36.1 Å². The maximum absolute atomic E-state index is 12.7. The fourth-order valence-electron chi connectivity index (χ4n) is 11.0. The monoisotopic (exact) mass is 1360 g/mol. The fraction of sp³-hybridized carbons (Fsp3) is 0.742. The number of aliphatic hydroxyl groups is 6. The van der Waals surface area contributed by atoms with E-state index in [-0.39, 0.29) is 76.1 Å². The maximum atomic E-state index is 12.7. The van der Waals surface area contributed by atoms with E-state index in [1.165, 1.54) is 17.0 Å². The number of rotatable bonds is 16. The van der Waals surface area contributed by atoms with Gasteiger partial charge in [0.05, 0.1) is 68.4 Å². The molecule has 16 atom stereocenters. The highest BCUT2D eigenvalue weighted by Gasteiger charge is 2.52. The van der Waals surface area contributed by atoms with Crippen molar-refractivity contribution in [2.24, 2.45) is 23.7 Å². The van der Waals surface area contributed by atoms with Gasteiger partial charge in [-0.3, -0.25) is 52.6 Å². The van der Waals surface area contributed by atoms with Gasteiger partial charge >= 0.3 is 22.8 Å². The third-order valence-electron chi connectivity index (χ3n) is 19.1. The Morgan fingerprint density at radius 1 is 0.538 bits per heavy atom. The van der Waals surface area contributed by atoms with Crippen molar-refractivity contribution >= 4 is 16.6 Å². The first-order chi connectivity index (χ1) is 43.4. The number of aliphatic hydroxyl groups excluding tert-OH is 6. The Kier molecular flexibility index (Phi) is 26.4. The molecule has 0 amide bonds. The molecule has 0 spiro atoms. The number of aromatic amines is 6. The molecule has 8 heterocycles. The lowest BCUT2D eigenvalue weighted by molar-refractivity contribution is -0.0233. The maximum Gasteiger partial charge on any atom is 0.328 e. The summed E-state index contributed by atoms with van der Waals surface area (Å²) in [4.78, 5) is 108. The van der Waals surface area contributed by atoms with Crippen molar-refractivity contribution in [2.75, 3.05) is 20.4 Å². The van der Waals surface area contributed by atoms with Crippen molar-refractivity contribution in [3.05, 3.63) is 130 Å². The van der Waals surface area contributed by atoms with Crippen molar-refractivity contribution in [1.82, 2.24) is 39.0 Å². The fourth-order valence-corrected chi connectivity index (χ4v) is 13.8. The predicted octanol–water partition coefficient (Wildman–Crippen LogP) is 3.30. The molecule has 0 bridgehead atoms. The number of halogens is 1. The van der Waals surface area contributed by atoms with Crippen LogP contribution in [0.15, 0.2) is 63.1 Å². The molecular weight excluding hydrogens is 1250 g/mol. The summed E-state index contributed by atoms with van der Waals surface area (Å²) >= 11 is 0. The third kappa shape index (κ3) is 18.6. The van der Waals surface area contributed by atoms with Gasteiger partial charge < -0.3 is 68.4 Å². The summed E-state index contributed by atoms with van der Waals surface area (Å²) in [6, 6.07) is 0. The molecule has 12 N–H and O–H groups in total. The van der Waals surface area contributed by atoms with Crippen LogP contribution < -0.4 is 45.0 Å². The lowest BCUT2D eigenvalue weighted by atomic mass is 9.95. The average molecular weight is 1360 g/mol. The second-order valence-electron chi connectivity index (χ2n) is 27.9. The molecule has 526 valence electrons. The quantitative estimate of drug-likeness (QED) is 0.0716. The zero-order chi connectivity index (χ0) is 69.6. The van der Waals surface area contributed by atoms with Crippen LogP contribution in [-0.4, -0.2) is 168 Å². The summed E-state index contributed by atoms with van der Waals surface area (Å²) < 4.78 is 54.9. The van der Waals surface area contributed by atoms with E-state index in [4.69, 9.17) is 39.4 Å². The second kappa shape index (κ2) is 32.1. The molecule has 6 fully saturated rings. The van der Waals surface area contributed by atoms with Gasteiger partial charge in [0.25, 0.3) is 22.2 Å². The van der Waals surface area contributed by atoms with Crippen molar-refractivity contribution < 1.29 is 64.2 Å². The van der Waals surface area contributed by atoms with Gasteiger partial charge in [-0.2, -0.15) is 0 Å². The molecule has 0 radical (unpaired) electrons. The summed E-state index contributed by atoms with van der Waals surface area (Å²) in [5.74, 6) is 1.35. The number of nitrogens with one attached hydrogen (secondary N) is 6. The van der Waals surface area contributed by atoms with Crippen molar-refractivity contribution in [1.29, 1.82) is 0 Å². The van der Waals surface area contributed by atoms with E-state index in [0.717, 1.165) is 44.7 Å². The van der Waals surface area contributed by atoms with Gasteiger partial charge in [0.2, 0.25) is 0 Å². The van der Waals surface area contributed by atoms with Crippen LogP contribution >= 0.6 is 0 Å². The van der Waals surface area contributed by atoms with Gasteiger partial charge in [-0.25, -0.2) is 19.2 Å². The van der Waals surface area contributed by atoms with E-state index in [2.05, 4.69) is 120 Å². The minimum atomic E-state index is -2.05. The summed E-state index contributed by atoms with van der Waals surface area (Å²) in [6.07, 6.45) is 1.33. The zero-order valence-corrected chi connectivity index (χ0v) is 57.2. The van der Waals surface area contributed by atoms with Gasteiger partial charge in [0, 0.05) is 49.7 Å². The van der Waals surface area contributed by atoms with Gasteiger partial charge in [-0.05, 0) is 86.6 Å². The standard InChI is InChI=1S/C21H36N2O4Si.C17H30N2O4Si.C13H18N2O6.C9H12N2O6.CH3F.CH4/c1-8-16-13(2)17(27-28(6,7)21(3,4)5)18(26-16)15-12-23(11-14-9-10-14)20(25)22-19(15)24;1-8-12-10(2)13(23-24(6,7)17(3,4)5)14(22-12)11-9-18-16(21)19-15(11)20;16-5-8-9(17)10(18)11(21-8)7-4-15(3-6-1-2-6)13(20)14-12(7)19;12-2-4-5(13)6(14)7(17-4)3-1-10-9(16)11-8(3)15;1-2;/h12-14,16-18H,8-11H2,1-7H3,(H,22,24,25);9-10,12-14H,8H2,1-7H3,(H2,18,19,20,21);4,6,8-11,16-18H,1-3,5H2,(H,14,19,20);1,4-7,12-14H,2H2,(H2,10,11,15,16);1H3;1H4/t13?,16-,17+,18+;10?,12-,13+,14+;8-,9?,10+,11+;4-,5?,6+,7+;;/m1111../s1/i;;;;1D;. The number of hydrogen-bond acceptors (Lipinski definition) is 20. The number of ether oxygens (including phenoxy) is 4. The molecule has 4 saturated heterocycles. The highest BCUT2D eigenvalue weighted by Crippen LogP contribution is 2.47. The lowest BCUT2D eigenvalue weighted by Gasteiger charge is -2.40. The number of nitrogens with zero attached hydrogens (tertiary/aromatic N) is 2. The SMILES string of the molecule is C.CC[C@H]1O[C@@H](c2c[nH]c(=O)[nH]c2=O)[C@@H](O[Si](C)(C)C(C)(C)C)C1C.CC[C@H]1O[C@@H](c2cn(CC3CC3)c(=O)[nH]c2=O)[C@@H](O[Si](C)(C)C(C)(C)C)C1C.O=c1[nH]c(=O)n(CC2CC2)cc1[C@@H]1O[C@H](CO)C(O)[C@@H]1O.O=c1[nH]cc([C@@H]2O[C@H](CO)C(O)[C@@H]2O)c(=O)[nH]1.[2H]CF. The minimum Gasteiger partial charge on any atom is -0.411 e. The van der Waals surface area contributed by atoms with Gasteiger partial charge in [0.1, 0.15) is 61.0 Å². The van der Waals surface area contributed by atoms with Crippen LogP contribution in [0.3, 0.4) is 0 Å². The Morgan fingerprint density at radius 2 is 0.839 bits per heavy atom.